The Morgan fingerprint density at radius 2 is 1.76 bits per heavy atom. The molecule has 0 spiro atoms. The maximum atomic E-state index is 12.3. The molecule has 0 bridgehead atoms. The van der Waals surface area contributed by atoms with Gasteiger partial charge >= 0.3 is 0 Å². The summed E-state index contributed by atoms with van der Waals surface area (Å²) in [6, 6.07) is 7.98. The Morgan fingerprint density at radius 1 is 1.12 bits per heavy atom. The van der Waals surface area contributed by atoms with E-state index in [4.69, 9.17) is 4.74 Å². The van der Waals surface area contributed by atoms with Crippen LogP contribution >= 0.6 is 0 Å². The molecule has 2 rings (SSSR count). The summed E-state index contributed by atoms with van der Waals surface area (Å²) < 4.78 is 5.69. The van der Waals surface area contributed by atoms with Crippen LogP contribution in [0.15, 0.2) is 24.3 Å². The number of ether oxygens (including phenoxy) is 1. The first-order valence-corrected chi connectivity index (χ1v) is 8.85. The van der Waals surface area contributed by atoms with Gasteiger partial charge in [0.25, 0.3) is 0 Å². The summed E-state index contributed by atoms with van der Waals surface area (Å²) in [5.41, 5.74) is 0.583. The third-order valence-corrected chi connectivity index (χ3v) is 4.22. The number of anilines is 1. The lowest BCUT2D eigenvalue weighted by Crippen LogP contribution is -2.52. The number of nitrogens with zero attached hydrogens (tertiary/aromatic N) is 2. The number of hydrogen-bond acceptors (Lipinski definition) is 4. The van der Waals surface area contributed by atoms with Gasteiger partial charge in [0.15, 0.2) is 0 Å². The van der Waals surface area contributed by atoms with Gasteiger partial charge in [-0.2, -0.15) is 0 Å². The highest BCUT2D eigenvalue weighted by Crippen LogP contribution is 2.28. The number of carbonyl (C=O) groups is 2. The Balaban J connectivity index is 1.87. The van der Waals surface area contributed by atoms with Crippen molar-refractivity contribution >= 4 is 17.5 Å². The standard InChI is InChI=1S/C19H29N3O3/c1-5-25-16-9-7-6-8-15(16)21-10-12-22(13-11-21)17(23)14-20-18(24)19(2,3)4/h6-9H,5,10-14H2,1-4H3,(H,20,24). The molecule has 1 fully saturated rings. The van der Waals surface area contributed by atoms with Crippen LogP contribution in [-0.4, -0.2) is 56.0 Å². The molecule has 25 heavy (non-hydrogen) atoms. The highest BCUT2D eigenvalue weighted by Gasteiger charge is 2.25. The predicted octanol–water partition coefficient (Wildman–Crippen LogP) is 1.90. The molecule has 0 aliphatic carbocycles. The third kappa shape index (κ3) is 5.11. The van der Waals surface area contributed by atoms with E-state index in [1.54, 1.807) is 0 Å². The number of carbonyl (C=O) groups excluding carboxylic acids is 2. The van der Waals surface area contributed by atoms with Gasteiger partial charge in [0, 0.05) is 31.6 Å². The molecule has 1 aromatic carbocycles. The van der Waals surface area contributed by atoms with Crippen LogP contribution in [0.25, 0.3) is 0 Å². The molecule has 1 aromatic rings. The van der Waals surface area contributed by atoms with E-state index in [1.807, 2.05) is 56.9 Å². The van der Waals surface area contributed by atoms with Crippen molar-refractivity contribution in [1.29, 1.82) is 0 Å². The zero-order valence-electron chi connectivity index (χ0n) is 15.7. The average Bonchev–Trinajstić information content (AvgIpc) is 2.59. The Hall–Kier alpha value is -2.24. The summed E-state index contributed by atoms with van der Waals surface area (Å²) >= 11 is 0. The van der Waals surface area contributed by atoms with Gasteiger partial charge in [-0.3, -0.25) is 9.59 Å². The monoisotopic (exact) mass is 347 g/mol. The minimum absolute atomic E-state index is 0.0321. The number of hydrogen-bond donors (Lipinski definition) is 1. The molecule has 1 aliphatic heterocycles. The molecule has 6 heteroatoms. The maximum Gasteiger partial charge on any atom is 0.242 e. The van der Waals surface area contributed by atoms with Crippen molar-refractivity contribution in [3.8, 4) is 5.75 Å². The van der Waals surface area contributed by atoms with Gasteiger partial charge in [0.1, 0.15) is 5.75 Å². The van der Waals surface area contributed by atoms with Crippen molar-refractivity contribution in [3.05, 3.63) is 24.3 Å². The summed E-state index contributed by atoms with van der Waals surface area (Å²) in [7, 11) is 0. The lowest BCUT2D eigenvalue weighted by molar-refractivity contribution is -0.135. The summed E-state index contributed by atoms with van der Waals surface area (Å²) in [4.78, 5) is 28.2. The van der Waals surface area contributed by atoms with Crippen molar-refractivity contribution in [1.82, 2.24) is 10.2 Å². The van der Waals surface area contributed by atoms with Crippen molar-refractivity contribution in [2.24, 2.45) is 5.41 Å². The van der Waals surface area contributed by atoms with Crippen LogP contribution in [0.1, 0.15) is 27.7 Å². The van der Waals surface area contributed by atoms with Gasteiger partial charge in [-0.15, -0.1) is 0 Å². The lowest BCUT2D eigenvalue weighted by Gasteiger charge is -2.36. The molecular weight excluding hydrogens is 318 g/mol. The van der Waals surface area contributed by atoms with E-state index in [9.17, 15) is 9.59 Å². The molecule has 0 unspecified atom stereocenters. The first-order valence-electron chi connectivity index (χ1n) is 8.85. The Bertz CT molecular complexity index is 602. The van der Waals surface area contributed by atoms with Crippen molar-refractivity contribution in [2.75, 3.05) is 44.2 Å². The first-order chi connectivity index (χ1) is 11.8. The normalized spacial score (nSPS) is 15.0. The van der Waals surface area contributed by atoms with E-state index >= 15 is 0 Å². The Morgan fingerprint density at radius 3 is 2.36 bits per heavy atom. The van der Waals surface area contributed by atoms with E-state index in [0.717, 1.165) is 24.5 Å². The van der Waals surface area contributed by atoms with Crippen molar-refractivity contribution in [2.45, 2.75) is 27.7 Å². The van der Waals surface area contributed by atoms with E-state index in [2.05, 4.69) is 10.2 Å². The minimum Gasteiger partial charge on any atom is -0.492 e. The number of nitrogens with one attached hydrogen (secondary N) is 1. The Kier molecular flexibility index (Phi) is 6.28. The fourth-order valence-electron chi connectivity index (χ4n) is 2.73. The highest BCUT2D eigenvalue weighted by molar-refractivity contribution is 5.87. The molecule has 0 aromatic heterocycles. The van der Waals surface area contributed by atoms with Crippen LogP contribution in [0.5, 0.6) is 5.75 Å². The van der Waals surface area contributed by atoms with E-state index in [-0.39, 0.29) is 18.4 Å². The summed E-state index contributed by atoms with van der Waals surface area (Å²) in [5.74, 6) is 0.739. The van der Waals surface area contributed by atoms with Gasteiger partial charge in [0.05, 0.1) is 18.8 Å². The lowest BCUT2D eigenvalue weighted by atomic mass is 9.96. The van der Waals surface area contributed by atoms with E-state index < -0.39 is 5.41 Å². The Labute approximate surface area is 150 Å². The second-order valence-electron chi connectivity index (χ2n) is 7.20. The zero-order chi connectivity index (χ0) is 18.4. The molecule has 2 amide bonds. The van der Waals surface area contributed by atoms with Gasteiger partial charge in [0.2, 0.25) is 11.8 Å². The molecule has 0 saturated carbocycles. The van der Waals surface area contributed by atoms with Crippen LogP contribution in [0.4, 0.5) is 5.69 Å². The molecule has 0 radical (unpaired) electrons. The van der Waals surface area contributed by atoms with Crippen LogP contribution in [0.2, 0.25) is 0 Å². The van der Waals surface area contributed by atoms with Gasteiger partial charge in [-0.05, 0) is 19.1 Å². The van der Waals surface area contributed by atoms with Gasteiger partial charge in [-0.1, -0.05) is 32.9 Å². The molecule has 0 atom stereocenters. The highest BCUT2D eigenvalue weighted by atomic mass is 16.5. The number of rotatable bonds is 5. The van der Waals surface area contributed by atoms with Gasteiger partial charge in [-0.25, -0.2) is 0 Å². The molecule has 6 nitrogen and oxygen atoms in total. The second kappa shape index (κ2) is 8.23. The maximum absolute atomic E-state index is 12.3. The SMILES string of the molecule is CCOc1ccccc1N1CCN(C(=O)CNC(=O)C(C)(C)C)CC1. The summed E-state index contributed by atoms with van der Waals surface area (Å²) in [5, 5.41) is 2.72. The molecule has 1 N–H and O–H groups in total. The average molecular weight is 347 g/mol. The molecular formula is C19H29N3O3. The summed E-state index contributed by atoms with van der Waals surface area (Å²) in [6.07, 6.45) is 0. The van der Waals surface area contributed by atoms with Gasteiger partial charge < -0.3 is 19.9 Å². The first kappa shape index (κ1) is 19.1. The van der Waals surface area contributed by atoms with Crippen molar-refractivity contribution in [3.63, 3.8) is 0 Å². The number of amides is 2. The molecule has 138 valence electrons. The largest absolute Gasteiger partial charge is 0.492 e. The van der Waals surface area contributed by atoms with Crippen molar-refractivity contribution < 1.29 is 14.3 Å². The van der Waals surface area contributed by atoms with Crippen LogP contribution in [-0.2, 0) is 9.59 Å². The van der Waals surface area contributed by atoms with E-state index in [0.29, 0.717) is 19.7 Å². The van der Waals surface area contributed by atoms with Crippen LogP contribution in [0.3, 0.4) is 0 Å². The third-order valence-electron chi connectivity index (χ3n) is 4.22. The quantitative estimate of drug-likeness (QED) is 0.884. The number of para-hydroxylation sites is 2. The fraction of sp³-hybridized carbons (Fsp3) is 0.579. The zero-order valence-corrected chi connectivity index (χ0v) is 15.7. The second-order valence-corrected chi connectivity index (χ2v) is 7.20. The number of piperazine rings is 1. The molecule has 1 heterocycles. The van der Waals surface area contributed by atoms with Crippen LogP contribution < -0.4 is 15.0 Å². The smallest absolute Gasteiger partial charge is 0.242 e. The van der Waals surface area contributed by atoms with E-state index in [1.165, 1.54) is 0 Å². The fourth-order valence-corrected chi connectivity index (χ4v) is 2.73. The topological polar surface area (TPSA) is 61.9 Å². The summed E-state index contributed by atoms with van der Waals surface area (Å²) in [6.45, 7) is 11.0. The predicted molar refractivity (Wildman–Crippen MR) is 98.9 cm³/mol. The van der Waals surface area contributed by atoms with Crippen LogP contribution in [0, 0.1) is 5.41 Å². The molecule has 1 saturated heterocycles. The molecule has 1 aliphatic rings. The minimum atomic E-state index is -0.484. The number of benzene rings is 1.